The van der Waals surface area contributed by atoms with Gasteiger partial charge in [0.2, 0.25) is 5.89 Å². The average Bonchev–Trinajstić information content (AvgIpc) is 3.56. The number of ether oxygens (including phenoxy) is 1. The fourth-order valence-corrected chi connectivity index (χ4v) is 5.40. The van der Waals surface area contributed by atoms with Crippen molar-refractivity contribution in [3.05, 3.63) is 113 Å². The van der Waals surface area contributed by atoms with Crippen LogP contribution in [-0.2, 0) is 5.75 Å². The molecule has 0 aliphatic heterocycles. The van der Waals surface area contributed by atoms with E-state index >= 15 is 0 Å². The molecule has 0 amide bonds. The molecular weight excluding hydrogens is 496 g/mol. The van der Waals surface area contributed by atoms with E-state index in [-0.39, 0.29) is 5.56 Å². The standard InChI is InChI=1S/C30H24N4O3S/c1-19-23(32-28(37-19)21-13-7-4-8-14-21)18-38-30-33-26-22(20-11-5-3-6-12-20)17-31-27(26)29(35)34(30)24-15-9-10-16-25(24)36-2/h3-17,31H,18H2,1-2H3. The zero-order chi connectivity index (χ0) is 26.1. The number of oxazole rings is 1. The number of methoxy groups -OCH3 is 1. The lowest BCUT2D eigenvalue weighted by Gasteiger charge is -2.15. The number of hydrogen-bond donors (Lipinski definition) is 1. The Balaban J connectivity index is 1.47. The first-order valence-corrected chi connectivity index (χ1v) is 13.1. The van der Waals surface area contributed by atoms with E-state index in [4.69, 9.17) is 19.1 Å². The second-order valence-electron chi connectivity index (χ2n) is 8.68. The van der Waals surface area contributed by atoms with Gasteiger partial charge in [0.15, 0.2) is 5.16 Å². The van der Waals surface area contributed by atoms with Crippen LogP contribution in [0.15, 0.2) is 105 Å². The van der Waals surface area contributed by atoms with Gasteiger partial charge in [0.1, 0.15) is 22.5 Å². The van der Waals surface area contributed by atoms with Crippen molar-refractivity contribution in [2.24, 2.45) is 0 Å². The van der Waals surface area contributed by atoms with E-state index in [1.807, 2.05) is 98.0 Å². The summed E-state index contributed by atoms with van der Waals surface area (Å²) in [7, 11) is 1.59. The molecule has 7 nitrogen and oxygen atoms in total. The highest BCUT2D eigenvalue weighted by Gasteiger charge is 2.21. The highest BCUT2D eigenvalue weighted by Crippen LogP contribution is 2.33. The zero-order valence-corrected chi connectivity index (χ0v) is 21.7. The van der Waals surface area contributed by atoms with Crippen LogP contribution in [-0.4, -0.2) is 26.6 Å². The van der Waals surface area contributed by atoms with E-state index < -0.39 is 0 Å². The first-order chi connectivity index (χ1) is 18.6. The Kier molecular flexibility index (Phi) is 6.31. The lowest BCUT2D eigenvalue weighted by Crippen LogP contribution is -2.22. The highest BCUT2D eigenvalue weighted by molar-refractivity contribution is 7.98. The highest BCUT2D eigenvalue weighted by atomic mass is 32.2. The van der Waals surface area contributed by atoms with Gasteiger partial charge in [-0.2, -0.15) is 0 Å². The van der Waals surface area contributed by atoms with E-state index in [1.165, 1.54) is 11.8 Å². The number of aromatic nitrogens is 4. The molecule has 1 N–H and O–H groups in total. The number of aryl methyl sites for hydroxylation is 1. The molecular formula is C30H24N4O3S. The number of H-pyrrole nitrogens is 1. The van der Waals surface area contributed by atoms with Gasteiger partial charge in [-0.3, -0.25) is 4.79 Å². The summed E-state index contributed by atoms with van der Waals surface area (Å²) in [5.74, 6) is 2.35. The van der Waals surface area contributed by atoms with Crippen molar-refractivity contribution in [2.75, 3.05) is 7.11 Å². The maximum atomic E-state index is 13.9. The molecule has 3 heterocycles. The number of thioether (sulfide) groups is 1. The van der Waals surface area contributed by atoms with Crippen LogP contribution in [0.25, 0.3) is 39.3 Å². The van der Waals surface area contributed by atoms with E-state index in [1.54, 1.807) is 11.7 Å². The van der Waals surface area contributed by atoms with Gasteiger partial charge < -0.3 is 14.1 Å². The molecule has 0 unspecified atom stereocenters. The maximum absolute atomic E-state index is 13.9. The number of para-hydroxylation sites is 2. The third-order valence-corrected chi connectivity index (χ3v) is 7.28. The predicted octanol–water partition coefficient (Wildman–Crippen LogP) is 6.65. The minimum atomic E-state index is -0.203. The van der Waals surface area contributed by atoms with Crippen LogP contribution < -0.4 is 10.3 Å². The number of benzene rings is 3. The van der Waals surface area contributed by atoms with Crippen molar-refractivity contribution in [3.63, 3.8) is 0 Å². The fourth-order valence-electron chi connectivity index (χ4n) is 4.40. The Bertz CT molecular complexity index is 1790. The second kappa shape index (κ2) is 10.1. The largest absolute Gasteiger partial charge is 0.495 e. The number of nitrogens with zero attached hydrogens (tertiary/aromatic N) is 3. The van der Waals surface area contributed by atoms with Gasteiger partial charge in [0.25, 0.3) is 5.56 Å². The number of nitrogens with one attached hydrogen (secondary N) is 1. The molecule has 0 atom stereocenters. The number of rotatable bonds is 7. The number of aromatic amines is 1. The Morgan fingerprint density at radius 3 is 2.34 bits per heavy atom. The summed E-state index contributed by atoms with van der Waals surface area (Å²) in [6.07, 6.45) is 1.84. The van der Waals surface area contributed by atoms with Crippen molar-refractivity contribution in [1.29, 1.82) is 0 Å². The van der Waals surface area contributed by atoms with Crippen molar-refractivity contribution < 1.29 is 9.15 Å². The van der Waals surface area contributed by atoms with Crippen LogP contribution in [0.3, 0.4) is 0 Å². The Morgan fingerprint density at radius 1 is 0.921 bits per heavy atom. The lowest BCUT2D eigenvalue weighted by atomic mass is 10.1. The number of fused-ring (bicyclic) bond motifs is 1. The van der Waals surface area contributed by atoms with Crippen LogP contribution in [0.4, 0.5) is 0 Å². The van der Waals surface area contributed by atoms with E-state index in [0.717, 1.165) is 28.1 Å². The number of hydrogen-bond acceptors (Lipinski definition) is 6. The summed E-state index contributed by atoms with van der Waals surface area (Å²) < 4.78 is 13.2. The summed E-state index contributed by atoms with van der Waals surface area (Å²) in [5.41, 5.74) is 5.04. The van der Waals surface area contributed by atoms with Crippen LogP contribution in [0, 0.1) is 6.92 Å². The lowest BCUT2D eigenvalue weighted by molar-refractivity contribution is 0.411. The molecule has 0 aliphatic rings. The molecule has 0 bridgehead atoms. The molecule has 0 fully saturated rings. The van der Waals surface area contributed by atoms with Crippen molar-refractivity contribution in [1.82, 2.24) is 19.5 Å². The topological polar surface area (TPSA) is 85.9 Å². The Labute approximate surface area is 223 Å². The molecule has 3 aromatic heterocycles. The quantitative estimate of drug-likeness (QED) is 0.187. The van der Waals surface area contributed by atoms with Gasteiger partial charge in [-0.05, 0) is 36.8 Å². The van der Waals surface area contributed by atoms with Crippen LogP contribution in [0.1, 0.15) is 11.5 Å². The van der Waals surface area contributed by atoms with Crippen LogP contribution in [0.5, 0.6) is 5.75 Å². The zero-order valence-electron chi connectivity index (χ0n) is 20.8. The summed E-state index contributed by atoms with van der Waals surface area (Å²) in [6.45, 7) is 1.90. The predicted molar refractivity (Wildman–Crippen MR) is 150 cm³/mol. The molecule has 38 heavy (non-hydrogen) atoms. The van der Waals surface area contributed by atoms with E-state index in [9.17, 15) is 4.79 Å². The third kappa shape index (κ3) is 4.29. The van der Waals surface area contributed by atoms with Gasteiger partial charge in [-0.1, -0.05) is 72.4 Å². The first kappa shape index (κ1) is 23.8. The van der Waals surface area contributed by atoms with Gasteiger partial charge in [0.05, 0.1) is 18.5 Å². The van der Waals surface area contributed by atoms with Crippen LogP contribution >= 0.6 is 11.8 Å². The molecule has 8 heteroatoms. The monoisotopic (exact) mass is 520 g/mol. The molecule has 6 rings (SSSR count). The second-order valence-corrected chi connectivity index (χ2v) is 9.62. The summed E-state index contributed by atoms with van der Waals surface area (Å²) in [5, 5.41) is 0.535. The van der Waals surface area contributed by atoms with Gasteiger partial charge in [0, 0.05) is 23.1 Å². The normalized spacial score (nSPS) is 11.2. The first-order valence-electron chi connectivity index (χ1n) is 12.1. The molecule has 0 aliphatic carbocycles. The van der Waals surface area contributed by atoms with Gasteiger partial charge >= 0.3 is 0 Å². The molecule has 0 saturated carbocycles. The third-order valence-electron chi connectivity index (χ3n) is 6.33. The van der Waals surface area contributed by atoms with Gasteiger partial charge in [-0.25, -0.2) is 14.5 Å². The molecule has 0 saturated heterocycles. The molecule has 6 aromatic rings. The summed E-state index contributed by atoms with van der Waals surface area (Å²) >= 11 is 1.43. The van der Waals surface area contributed by atoms with E-state index in [0.29, 0.717) is 39.3 Å². The molecule has 0 radical (unpaired) electrons. The molecule has 0 spiro atoms. The smallest absolute Gasteiger partial charge is 0.283 e. The Morgan fingerprint density at radius 2 is 1.61 bits per heavy atom. The fraction of sp³-hybridized carbons (Fsp3) is 0.100. The summed E-state index contributed by atoms with van der Waals surface area (Å²) in [6, 6.07) is 27.2. The van der Waals surface area contributed by atoms with Crippen molar-refractivity contribution >= 4 is 22.8 Å². The molecule has 3 aromatic carbocycles. The maximum Gasteiger partial charge on any atom is 0.283 e. The Hall–Kier alpha value is -4.56. The minimum absolute atomic E-state index is 0.203. The average molecular weight is 521 g/mol. The SMILES string of the molecule is COc1ccccc1-n1c(SCc2nc(-c3ccccc3)oc2C)nc2c(-c3ccccc3)c[nH]c2c1=O. The minimum Gasteiger partial charge on any atom is -0.495 e. The van der Waals surface area contributed by atoms with Gasteiger partial charge in [-0.15, -0.1) is 0 Å². The summed E-state index contributed by atoms with van der Waals surface area (Å²) in [4.78, 5) is 26.8. The molecule has 188 valence electrons. The van der Waals surface area contributed by atoms with E-state index in [2.05, 4.69) is 4.98 Å². The van der Waals surface area contributed by atoms with Crippen molar-refractivity contribution in [3.8, 4) is 34.0 Å². The van der Waals surface area contributed by atoms with Crippen LogP contribution in [0.2, 0.25) is 0 Å². The van der Waals surface area contributed by atoms with Crippen molar-refractivity contribution in [2.45, 2.75) is 17.8 Å².